The highest BCUT2D eigenvalue weighted by Crippen LogP contribution is 2.38. The van der Waals surface area contributed by atoms with E-state index in [9.17, 15) is 0 Å². The van der Waals surface area contributed by atoms with Crippen molar-refractivity contribution in [3.63, 3.8) is 0 Å². The van der Waals surface area contributed by atoms with Crippen LogP contribution in [0.25, 0.3) is 0 Å². The largest absolute Gasteiger partial charge is 0.330 e. The highest BCUT2D eigenvalue weighted by atomic mass is 15.3. The van der Waals surface area contributed by atoms with Crippen LogP contribution in [0.3, 0.4) is 0 Å². The summed E-state index contributed by atoms with van der Waals surface area (Å²) in [5.41, 5.74) is 10.4. The summed E-state index contributed by atoms with van der Waals surface area (Å²) >= 11 is 0. The van der Waals surface area contributed by atoms with Crippen LogP contribution in [0.4, 0.5) is 0 Å². The maximum Gasteiger partial charge on any atom is 0.0630 e. The van der Waals surface area contributed by atoms with Crippen LogP contribution in [0.1, 0.15) is 36.7 Å². The van der Waals surface area contributed by atoms with Gasteiger partial charge < -0.3 is 5.73 Å². The van der Waals surface area contributed by atoms with Crippen LogP contribution in [-0.4, -0.2) is 16.3 Å². The SMILES string of the molecule is CC(C)n1ccc(CC2(CN)Cc3ccccc3C2)n1. The lowest BCUT2D eigenvalue weighted by atomic mass is 9.80. The Morgan fingerprint density at radius 1 is 1.20 bits per heavy atom. The highest BCUT2D eigenvalue weighted by molar-refractivity contribution is 5.35. The monoisotopic (exact) mass is 269 g/mol. The molecule has 0 amide bonds. The van der Waals surface area contributed by atoms with Gasteiger partial charge in [-0.2, -0.15) is 5.10 Å². The van der Waals surface area contributed by atoms with Crippen molar-refractivity contribution in [1.29, 1.82) is 0 Å². The first kappa shape index (κ1) is 13.4. The van der Waals surface area contributed by atoms with Crippen LogP contribution < -0.4 is 5.73 Å². The van der Waals surface area contributed by atoms with Crippen molar-refractivity contribution in [2.75, 3.05) is 6.54 Å². The summed E-state index contributed by atoms with van der Waals surface area (Å²) in [6, 6.07) is 11.3. The molecule has 2 N–H and O–H groups in total. The van der Waals surface area contributed by atoms with E-state index in [2.05, 4.69) is 50.4 Å². The summed E-state index contributed by atoms with van der Waals surface area (Å²) in [5, 5.41) is 4.69. The van der Waals surface area contributed by atoms with Crippen molar-refractivity contribution in [2.45, 2.75) is 39.2 Å². The molecule has 106 valence electrons. The fourth-order valence-electron chi connectivity index (χ4n) is 3.26. The molecule has 1 aliphatic rings. The van der Waals surface area contributed by atoms with Gasteiger partial charge in [-0.3, -0.25) is 4.68 Å². The molecule has 0 aliphatic heterocycles. The van der Waals surface area contributed by atoms with Crippen LogP contribution >= 0.6 is 0 Å². The molecule has 0 unspecified atom stereocenters. The molecule has 1 aromatic heterocycles. The van der Waals surface area contributed by atoms with Crippen LogP contribution in [0, 0.1) is 5.41 Å². The van der Waals surface area contributed by atoms with E-state index in [0.29, 0.717) is 6.04 Å². The number of hydrogen-bond acceptors (Lipinski definition) is 2. The second-order valence-corrected chi connectivity index (χ2v) is 6.38. The zero-order chi connectivity index (χ0) is 14.2. The number of nitrogens with two attached hydrogens (primary N) is 1. The average molecular weight is 269 g/mol. The van der Waals surface area contributed by atoms with E-state index >= 15 is 0 Å². The predicted octanol–water partition coefficient (Wildman–Crippen LogP) is 2.75. The molecular weight excluding hydrogens is 246 g/mol. The Morgan fingerprint density at radius 2 is 1.85 bits per heavy atom. The van der Waals surface area contributed by atoms with Gasteiger partial charge in [0.25, 0.3) is 0 Å². The van der Waals surface area contributed by atoms with Gasteiger partial charge in [-0.1, -0.05) is 24.3 Å². The molecule has 0 atom stereocenters. The van der Waals surface area contributed by atoms with Gasteiger partial charge in [0.2, 0.25) is 0 Å². The second kappa shape index (κ2) is 5.06. The average Bonchev–Trinajstić information content (AvgIpc) is 3.03. The minimum absolute atomic E-state index is 0.153. The molecule has 3 nitrogen and oxygen atoms in total. The first-order valence-corrected chi connectivity index (χ1v) is 7.43. The molecule has 1 aromatic carbocycles. The standard InChI is InChI=1S/C17H23N3/c1-13(2)20-8-7-16(19-20)11-17(12-18)9-14-5-3-4-6-15(14)10-17/h3-8,13H,9-12,18H2,1-2H3. The lowest BCUT2D eigenvalue weighted by molar-refractivity contribution is 0.309. The molecule has 1 heterocycles. The molecular formula is C17H23N3. The fraction of sp³-hybridized carbons (Fsp3) is 0.471. The first-order valence-electron chi connectivity index (χ1n) is 7.43. The van der Waals surface area contributed by atoms with Crippen molar-refractivity contribution in [3.8, 4) is 0 Å². The molecule has 0 radical (unpaired) electrons. The minimum Gasteiger partial charge on any atom is -0.330 e. The number of nitrogens with zero attached hydrogens (tertiary/aromatic N) is 2. The van der Waals surface area contributed by atoms with Crippen molar-refractivity contribution >= 4 is 0 Å². The number of aromatic nitrogens is 2. The molecule has 0 saturated heterocycles. The van der Waals surface area contributed by atoms with Crippen molar-refractivity contribution in [3.05, 3.63) is 53.3 Å². The molecule has 2 aromatic rings. The Labute approximate surface area is 120 Å². The van der Waals surface area contributed by atoms with Gasteiger partial charge in [-0.05, 0) is 62.3 Å². The predicted molar refractivity (Wildman–Crippen MR) is 81.7 cm³/mol. The van der Waals surface area contributed by atoms with Gasteiger partial charge in [-0.15, -0.1) is 0 Å². The number of fused-ring (bicyclic) bond motifs is 1. The smallest absolute Gasteiger partial charge is 0.0630 e. The molecule has 0 fully saturated rings. The van der Waals surface area contributed by atoms with Gasteiger partial charge >= 0.3 is 0 Å². The van der Waals surface area contributed by atoms with Crippen molar-refractivity contribution in [1.82, 2.24) is 9.78 Å². The lowest BCUT2D eigenvalue weighted by Crippen LogP contribution is -2.33. The zero-order valence-electron chi connectivity index (χ0n) is 12.3. The minimum atomic E-state index is 0.153. The number of rotatable bonds is 4. The van der Waals surface area contributed by atoms with Crippen molar-refractivity contribution < 1.29 is 0 Å². The molecule has 0 bridgehead atoms. The van der Waals surface area contributed by atoms with Crippen LogP contribution in [0.5, 0.6) is 0 Å². The highest BCUT2D eigenvalue weighted by Gasteiger charge is 2.36. The van der Waals surface area contributed by atoms with Gasteiger partial charge in [0.1, 0.15) is 0 Å². The Kier molecular flexibility index (Phi) is 3.38. The second-order valence-electron chi connectivity index (χ2n) is 6.38. The van der Waals surface area contributed by atoms with Crippen LogP contribution in [0.2, 0.25) is 0 Å². The normalized spacial score (nSPS) is 16.6. The third-order valence-corrected chi connectivity index (χ3v) is 4.43. The molecule has 1 aliphatic carbocycles. The molecule has 20 heavy (non-hydrogen) atoms. The lowest BCUT2D eigenvalue weighted by Gasteiger charge is -2.26. The maximum atomic E-state index is 6.13. The van der Waals surface area contributed by atoms with Gasteiger partial charge in [0.05, 0.1) is 5.69 Å². The topological polar surface area (TPSA) is 43.8 Å². The molecule has 3 heteroatoms. The van der Waals surface area contributed by atoms with E-state index < -0.39 is 0 Å². The van der Waals surface area contributed by atoms with Crippen LogP contribution in [0.15, 0.2) is 36.5 Å². The molecule has 3 rings (SSSR count). The Hall–Kier alpha value is -1.61. The third-order valence-electron chi connectivity index (χ3n) is 4.43. The molecule has 0 spiro atoms. The van der Waals surface area contributed by atoms with Gasteiger partial charge in [0.15, 0.2) is 0 Å². The quantitative estimate of drug-likeness (QED) is 0.927. The summed E-state index contributed by atoms with van der Waals surface area (Å²) in [6.07, 6.45) is 5.20. The number of benzene rings is 1. The summed E-state index contributed by atoms with van der Waals surface area (Å²) in [5.74, 6) is 0. The summed E-state index contributed by atoms with van der Waals surface area (Å²) in [4.78, 5) is 0. The number of hydrogen-bond donors (Lipinski definition) is 1. The van der Waals surface area contributed by atoms with Gasteiger partial charge in [-0.25, -0.2) is 0 Å². The first-order chi connectivity index (χ1) is 9.62. The fourth-order valence-corrected chi connectivity index (χ4v) is 3.26. The van der Waals surface area contributed by atoms with E-state index in [4.69, 9.17) is 10.8 Å². The van der Waals surface area contributed by atoms with Crippen LogP contribution in [-0.2, 0) is 19.3 Å². The summed E-state index contributed by atoms with van der Waals surface area (Å²) < 4.78 is 2.03. The van der Waals surface area contributed by atoms with Gasteiger partial charge in [0, 0.05) is 12.2 Å². The summed E-state index contributed by atoms with van der Waals surface area (Å²) in [7, 11) is 0. The van der Waals surface area contributed by atoms with Crippen molar-refractivity contribution in [2.24, 2.45) is 11.1 Å². The third kappa shape index (κ3) is 2.38. The maximum absolute atomic E-state index is 6.13. The van der Waals surface area contributed by atoms with E-state index in [-0.39, 0.29) is 5.41 Å². The van der Waals surface area contributed by atoms with E-state index in [1.165, 1.54) is 11.1 Å². The summed E-state index contributed by atoms with van der Waals surface area (Å²) in [6.45, 7) is 5.03. The molecule has 0 saturated carbocycles. The van der Waals surface area contributed by atoms with E-state index in [1.807, 2.05) is 4.68 Å². The van der Waals surface area contributed by atoms with E-state index in [1.54, 1.807) is 0 Å². The Morgan fingerprint density at radius 3 is 2.35 bits per heavy atom. The Balaban J connectivity index is 1.81. The zero-order valence-corrected chi connectivity index (χ0v) is 12.3. The Bertz CT molecular complexity index is 573. The van der Waals surface area contributed by atoms with E-state index in [0.717, 1.165) is 31.5 Å².